The zero-order valence-corrected chi connectivity index (χ0v) is 24.0. The first kappa shape index (κ1) is 29.2. The number of nitrogens with zero attached hydrogens (tertiary/aromatic N) is 4. The number of amides is 3. The first-order chi connectivity index (χ1) is 21.0. The maximum atomic E-state index is 13.2. The van der Waals surface area contributed by atoms with Crippen LogP contribution in [0.2, 0.25) is 0 Å². The number of benzene rings is 3. The summed E-state index contributed by atoms with van der Waals surface area (Å²) >= 11 is 0. The molecule has 1 aliphatic rings. The molecule has 0 fully saturated rings. The van der Waals surface area contributed by atoms with Crippen molar-refractivity contribution in [3.8, 4) is 17.1 Å². The summed E-state index contributed by atoms with van der Waals surface area (Å²) in [6, 6.07) is 25.6. The third-order valence-corrected chi connectivity index (χ3v) is 6.92. The Morgan fingerprint density at radius 2 is 1.70 bits per heavy atom. The van der Waals surface area contributed by atoms with Crippen LogP contribution in [0.15, 0.2) is 91.0 Å². The van der Waals surface area contributed by atoms with Crippen LogP contribution in [0.25, 0.3) is 17.5 Å². The van der Waals surface area contributed by atoms with E-state index in [1.165, 1.54) is 11.0 Å². The number of ether oxygens (including phenoxy) is 1. The fourth-order valence-corrected chi connectivity index (χ4v) is 4.73. The molecule has 1 aliphatic heterocycles. The van der Waals surface area contributed by atoms with E-state index in [1.54, 1.807) is 35.0 Å². The Labute approximate surface area is 250 Å². The van der Waals surface area contributed by atoms with Crippen molar-refractivity contribution in [1.29, 1.82) is 0 Å². The van der Waals surface area contributed by atoms with Crippen LogP contribution in [-0.2, 0) is 16.1 Å². The quantitative estimate of drug-likeness (QED) is 0.357. The molecule has 2 N–H and O–H groups in total. The monoisotopic (exact) mass is 578 g/mol. The fourth-order valence-electron chi connectivity index (χ4n) is 4.73. The van der Waals surface area contributed by atoms with E-state index in [9.17, 15) is 14.4 Å². The molecule has 4 aromatic rings. The Kier molecular flexibility index (Phi) is 9.58. The number of carbonyl (C=O) groups is 3. The van der Waals surface area contributed by atoms with Gasteiger partial charge in [-0.2, -0.15) is 5.10 Å². The number of nitrogens with one attached hydrogen (secondary N) is 2. The largest absolute Gasteiger partial charge is 0.492 e. The molecule has 43 heavy (non-hydrogen) atoms. The Morgan fingerprint density at radius 3 is 2.49 bits per heavy atom. The van der Waals surface area contributed by atoms with Crippen LogP contribution in [0, 0.1) is 0 Å². The zero-order valence-electron chi connectivity index (χ0n) is 24.0. The number of rotatable bonds is 3. The SMILES string of the molecule is C[C@@H]1NC(=O)CN(C(=O)C=Cc2ccccc2)CCCNC(=O)c2cccc(c2)OCCn2nc(-c3ccccc3)nc21. The highest BCUT2D eigenvalue weighted by molar-refractivity contribution is 5.95. The summed E-state index contributed by atoms with van der Waals surface area (Å²) in [6.07, 6.45) is 3.65. The van der Waals surface area contributed by atoms with Gasteiger partial charge in [0, 0.05) is 30.3 Å². The lowest BCUT2D eigenvalue weighted by Crippen LogP contribution is -2.42. The van der Waals surface area contributed by atoms with Crippen molar-refractivity contribution in [1.82, 2.24) is 30.3 Å². The third-order valence-electron chi connectivity index (χ3n) is 6.92. The molecule has 1 aromatic heterocycles. The normalized spacial score (nSPS) is 16.8. The highest BCUT2D eigenvalue weighted by Gasteiger charge is 2.22. The summed E-state index contributed by atoms with van der Waals surface area (Å²) in [5.41, 5.74) is 2.20. The minimum atomic E-state index is -0.490. The van der Waals surface area contributed by atoms with Crippen molar-refractivity contribution in [3.05, 3.63) is 108 Å². The first-order valence-electron chi connectivity index (χ1n) is 14.3. The molecule has 5 rings (SSSR count). The zero-order chi connectivity index (χ0) is 30.0. The second-order valence-electron chi connectivity index (χ2n) is 10.2. The third kappa shape index (κ3) is 7.94. The average molecular weight is 579 g/mol. The molecule has 0 spiro atoms. The van der Waals surface area contributed by atoms with E-state index < -0.39 is 6.04 Å². The topological polar surface area (TPSA) is 118 Å². The van der Waals surface area contributed by atoms with Crippen LogP contribution >= 0.6 is 0 Å². The van der Waals surface area contributed by atoms with E-state index in [2.05, 4.69) is 10.6 Å². The molecule has 0 aliphatic carbocycles. The highest BCUT2D eigenvalue weighted by Crippen LogP contribution is 2.20. The molecule has 10 nitrogen and oxygen atoms in total. The van der Waals surface area contributed by atoms with Gasteiger partial charge in [-0.1, -0.05) is 66.7 Å². The minimum absolute atomic E-state index is 0.152. The number of carbonyl (C=O) groups excluding carboxylic acids is 3. The summed E-state index contributed by atoms with van der Waals surface area (Å²) in [5.74, 6) is 0.775. The van der Waals surface area contributed by atoms with Gasteiger partial charge in [0.25, 0.3) is 5.91 Å². The van der Waals surface area contributed by atoms with E-state index in [4.69, 9.17) is 14.8 Å². The van der Waals surface area contributed by atoms with Crippen molar-refractivity contribution in [2.45, 2.75) is 25.9 Å². The van der Waals surface area contributed by atoms with Crippen LogP contribution in [-0.4, -0.2) is 63.6 Å². The minimum Gasteiger partial charge on any atom is -0.492 e. The molecule has 0 saturated carbocycles. The van der Waals surface area contributed by atoms with Crippen molar-refractivity contribution >= 4 is 23.8 Å². The van der Waals surface area contributed by atoms with Crippen LogP contribution in [0.1, 0.15) is 41.1 Å². The first-order valence-corrected chi connectivity index (χ1v) is 14.3. The van der Waals surface area contributed by atoms with E-state index in [1.807, 2.05) is 67.6 Å². The molecule has 0 radical (unpaired) electrons. The predicted octanol–water partition coefficient (Wildman–Crippen LogP) is 3.88. The molecule has 2 heterocycles. The van der Waals surface area contributed by atoms with Crippen LogP contribution in [0.5, 0.6) is 5.75 Å². The van der Waals surface area contributed by atoms with Gasteiger partial charge < -0.3 is 20.3 Å². The van der Waals surface area contributed by atoms with E-state index >= 15 is 0 Å². The van der Waals surface area contributed by atoms with Crippen LogP contribution in [0.3, 0.4) is 0 Å². The molecule has 10 heteroatoms. The molecule has 2 bridgehead atoms. The lowest BCUT2D eigenvalue weighted by molar-refractivity contribution is -0.132. The lowest BCUT2D eigenvalue weighted by Gasteiger charge is -2.22. The molecule has 0 unspecified atom stereocenters. The van der Waals surface area contributed by atoms with Gasteiger partial charge in [-0.15, -0.1) is 0 Å². The summed E-state index contributed by atoms with van der Waals surface area (Å²) in [4.78, 5) is 45.5. The number of hydrogen-bond donors (Lipinski definition) is 2. The fraction of sp³-hybridized carbons (Fsp3) is 0.242. The Hall–Kier alpha value is -5.25. The van der Waals surface area contributed by atoms with E-state index in [0.717, 1.165) is 11.1 Å². The maximum Gasteiger partial charge on any atom is 0.251 e. The molecular weight excluding hydrogens is 544 g/mol. The van der Waals surface area contributed by atoms with E-state index in [0.29, 0.717) is 42.5 Å². The molecule has 1 atom stereocenters. The Balaban J connectivity index is 1.40. The second kappa shape index (κ2) is 14.1. The average Bonchev–Trinajstić information content (AvgIpc) is 3.46. The maximum absolute atomic E-state index is 13.2. The predicted molar refractivity (Wildman–Crippen MR) is 163 cm³/mol. The van der Waals surface area contributed by atoms with Gasteiger partial charge >= 0.3 is 0 Å². The van der Waals surface area contributed by atoms with Crippen molar-refractivity contribution in [2.75, 3.05) is 26.2 Å². The van der Waals surface area contributed by atoms with Crippen LogP contribution < -0.4 is 15.4 Å². The van der Waals surface area contributed by atoms with Crippen molar-refractivity contribution in [3.63, 3.8) is 0 Å². The molecule has 3 aromatic carbocycles. The summed E-state index contributed by atoms with van der Waals surface area (Å²) in [7, 11) is 0. The molecule has 0 saturated heterocycles. The summed E-state index contributed by atoms with van der Waals surface area (Å²) < 4.78 is 7.68. The number of hydrogen-bond acceptors (Lipinski definition) is 6. The van der Waals surface area contributed by atoms with Crippen LogP contribution in [0.4, 0.5) is 0 Å². The smallest absolute Gasteiger partial charge is 0.251 e. The summed E-state index contributed by atoms with van der Waals surface area (Å²) in [6.45, 7) is 2.93. The Bertz CT molecular complexity index is 1590. The van der Waals surface area contributed by atoms with Gasteiger partial charge in [0.05, 0.1) is 19.1 Å². The molecule has 220 valence electrons. The van der Waals surface area contributed by atoms with Gasteiger partial charge in [0.2, 0.25) is 11.8 Å². The summed E-state index contributed by atoms with van der Waals surface area (Å²) in [5, 5.41) is 10.6. The highest BCUT2D eigenvalue weighted by atomic mass is 16.5. The van der Waals surface area contributed by atoms with Gasteiger partial charge in [0.1, 0.15) is 18.2 Å². The van der Waals surface area contributed by atoms with Crippen molar-refractivity contribution < 1.29 is 19.1 Å². The van der Waals surface area contributed by atoms with E-state index in [-0.39, 0.29) is 37.4 Å². The number of fused-ring (bicyclic) bond motifs is 3. The van der Waals surface area contributed by atoms with Gasteiger partial charge in [-0.05, 0) is 43.2 Å². The lowest BCUT2D eigenvalue weighted by atomic mass is 10.2. The number of aromatic nitrogens is 3. The molecule has 3 amide bonds. The standard InChI is InChI=1S/C33H34N6O4/c1-24-32-36-31(26-12-6-3-7-13-26)37-39(32)20-21-43-28-15-8-14-27(22-28)33(42)34-18-9-19-38(23-29(40)35-24)30(41)17-16-25-10-4-2-5-11-25/h2-8,10-17,22,24H,9,18-21,23H2,1H3,(H,34,42)(H,35,40)/t24-/m0/s1. The Morgan fingerprint density at radius 1 is 0.953 bits per heavy atom. The second-order valence-corrected chi connectivity index (χ2v) is 10.2. The molecular formula is C33H34N6O4. The van der Waals surface area contributed by atoms with Gasteiger partial charge in [-0.3, -0.25) is 14.4 Å². The van der Waals surface area contributed by atoms with Gasteiger partial charge in [-0.25, -0.2) is 9.67 Å². The van der Waals surface area contributed by atoms with Crippen molar-refractivity contribution in [2.24, 2.45) is 0 Å². The van der Waals surface area contributed by atoms with Gasteiger partial charge in [0.15, 0.2) is 5.82 Å².